The number of para-hydroxylation sites is 1. The number of hydrogen-bond donors (Lipinski definition) is 2. The van der Waals surface area contributed by atoms with E-state index in [9.17, 15) is 9.59 Å². The number of nitrogens with one attached hydrogen (secondary N) is 2. The van der Waals surface area contributed by atoms with Gasteiger partial charge in [0.15, 0.2) is 5.17 Å². The Bertz CT molecular complexity index is 892. The molecule has 134 valence electrons. The van der Waals surface area contributed by atoms with Gasteiger partial charge in [0, 0.05) is 12.1 Å². The molecular weight excluding hydrogens is 346 g/mol. The molecule has 0 unspecified atom stereocenters. The van der Waals surface area contributed by atoms with Crippen LogP contribution in [0, 0.1) is 20.8 Å². The van der Waals surface area contributed by atoms with Crippen molar-refractivity contribution in [1.82, 2.24) is 5.32 Å². The Labute approximate surface area is 157 Å². The number of hydrogen-bond acceptors (Lipinski definition) is 4. The fourth-order valence-electron chi connectivity index (χ4n) is 2.59. The Morgan fingerprint density at radius 2 is 1.88 bits per heavy atom. The van der Waals surface area contributed by atoms with E-state index in [4.69, 9.17) is 0 Å². The molecule has 2 aromatic carbocycles. The Hall–Kier alpha value is -2.60. The summed E-state index contributed by atoms with van der Waals surface area (Å²) >= 11 is 1.30. The first-order valence-corrected chi connectivity index (χ1v) is 9.29. The van der Waals surface area contributed by atoms with Gasteiger partial charge in [0.05, 0.1) is 5.69 Å². The highest BCUT2D eigenvalue weighted by Crippen LogP contribution is 2.26. The number of anilines is 1. The highest BCUT2D eigenvalue weighted by molar-refractivity contribution is 8.15. The van der Waals surface area contributed by atoms with Gasteiger partial charge in [-0.15, -0.1) is 0 Å². The highest BCUT2D eigenvalue weighted by Gasteiger charge is 2.32. The molecular formula is C20H21N3O2S. The van der Waals surface area contributed by atoms with Crippen molar-refractivity contribution in [3.63, 3.8) is 0 Å². The molecule has 1 fully saturated rings. The van der Waals surface area contributed by atoms with E-state index in [-0.39, 0.29) is 18.2 Å². The summed E-state index contributed by atoms with van der Waals surface area (Å²) in [5.74, 6) is -0.364. The van der Waals surface area contributed by atoms with Crippen LogP contribution in [0.2, 0.25) is 0 Å². The predicted octanol–water partition coefficient (Wildman–Crippen LogP) is 3.86. The minimum Gasteiger partial charge on any atom is -0.326 e. The van der Waals surface area contributed by atoms with E-state index < -0.39 is 5.25 Å². The fraction of sp³-hybridized carbons (Fsp3) is 0.250. The molecule has 5 nitrogen and oxygen atoms in total. The Balaban J connectivity index is 1.64. The molecule has 0 radical (unpaired) electrons. The van der Waals surface area contributed by atoms with Crippen LogP contribution in [0.25, 0.3) is 0 Å². The molecule has 0 spiro atoms. The fourth-order valence-corrected chi connectivity index (χ4v) is 3.58. The lowest BCUT2D eigenvalue weighted by Gasteiger charge is -2.09. The summed E-state index contributed by atoms with van der Waals surface area (Å²) in [6.07, 6.45) is 0.108. The number of carbonyl (C=O) groups excluding carboxylic acids is 2. The normalized spacial score (nSPS) is 18.0. The predicted molar refractivity (Wildman–Crippen MR) is 107 cm³/mol. The molecule has 2 aromatic rings. The summed E-state index contributed by atoms with van der Waals surface area (Å²) in [7, 11) is 0. The summed E-state index contributed by atoms with van der Waals surface area (Å²) < 4.78 is 0. The van der Waals surface area contributed by atoms with Gasteiger partial charge in [-0.3, -0.25) is 9.59 Å². The van der Waals surface area contributed by atoms with E-state index in [1.54, 1.807) is 0 Å². The molecule has 1 heterocycles. The average molecular weight is 367 g/mol. The summed E-state index contributed by atoms with van der Waals surface area (Å²) in [5.41, 5.74) is 4.89. The number of amides is 2. The van der Waals surface area contributed by atoms with Crippen LogP contribution in [0.15, 0.2) is 47.5 Å². The second-order valence-electron chi connectivity index (χ2n) is 6.35. The molecule has 0 saturated carbocycles. The Kier molecular flexibility index (Phi) is 5.42. The van der Waals surface area contributed by atoms with Crippen LogP contribution in [0.3, 0.4) is 0 Å². The first-order valence-electron chi connectivity index (χ1n) is 8.41. The molecule has 2 amide bonds. The van der Waals surface area contributed by atoms with Crippen LogP contribution in [0.4, 0.5) is 11.4 Å². The third-order valence-corrected chi connectivity index (χ3v) is 5.37. The topological polar surface area (TPSA) is 70.6 Å². The van der Waals surface area contributed by atoms with Gasteiger partial charge in [-0.05, 0) is 55.7 Å². The van der Waals surface area contributed by atoms with Crippen LogP contribution in [-0.4, -0.2) is 22.2 Å². The molecule has 2 N–H and O–H groups in total. The standard InChI is InChI=1S/C20H21N3O2S/c1-12-8-9-15(10-14(12)3)21-20-23-19(25)17(26-20)11-18(24)22-16-7-5-4-6-13(16)2/h4-10,17H,11H2,1-3H3,(H,22,24)(H,21,23,25)/t17-/m0/s1. The minimum atomic E-state index is -0.468. The third kappa shape index (κ3) is 4.32. The largest absolute Gasteiger partial charge is 0.326 e. The molecule has 1 aliphatic rings. The van der Waals surface area contributed by atoms with Gasteiger partial charge in [0.25, 0.3) is 0 Å². The van der Waals surface area contributed by atoms with E-state index >= 15 is 0 Å². The van der Waals surface area contributed by atoms with Crippen molar-refractivity contribution in [3.05, 3.63) is 59.2 Å². The number of aliphatic imine (C=N–C) groups is 1. The molecule has 0 bridgehead atoms. The molecule has 1 aliphatic heterocycles. The number of amidine groups is 1. The number of nitrogens with zero attached hydrogens (tertiary/aromatic N) is 1. The number of rotatable bonds is 4. The quantitative estimate of drug-likeness (QED) is 0.862. The molecule has 1 atom stereocenters. The van der Waals surface area contributed by atoms with Crippen LogP contribution in [0.5, 0.6) is 0 Å². The Morgan fingerprint density at radius 3 is 2.62 bits per heavy atom. The van der Waals surface area contributed by atoms with E-state index in [0.717, 1.165) is 22.5 Å². The summed E-state index contributed by atoms with van der Waals surface area (Å²) in [4.78, 5) is 28.9. The molecule has 0 aliphatic carbocycles. The third-order valence-electron chi connectivity index (χ3n) is 4.29. The van der Waals surface area contributed by atoms with Gasteiger partial charge in [0.1, 0.15) is 5.25 Å². The van der Waals surface area contributed by atoms with Crippen LogP contribution < -0.4 is 10.6 Å². The van der Waals surface area contributed by atoms with Crippen molar-refractivity contribution < 1.29 is 9.59 Å². The number of thioether (sulfide) groups is 1. The summed E-state index contributed by atoms with van der Waals surface area (Å²) in [6.45, 7) is 6.00. The van der Waals surface area contributed by atoms with Crippen molar-refractivity contribution in [2.24, 2.45) is 4.99 Å². The maximum atomic E-state index is 12.3. The monoisotopic (exact) mass is 367 g/mol. The Morgan fingerprint density at radius 1 is 1.12 bits per heavy atom. The van der Waals surface area contributed by atoms with Crippen molar-refractivity contribution in [1.29, 1.82) is 0 Å². The summed E-state index contributed by atoms with van der Waals surface area (Å²) in [5, 5.41) is 5.69. The van der Waals surface area contributed by atoms with E-state index in [1.807, 2.05) is 63.2 Å². The first-order chi connectivity index (χ1) is 12.4. The van der Waals surface area contributed by atoms with Gasteiger partial charge in [0.2, 0.25) is 11.8 Å². The molecule has 0 aromatic heterocycles. The molecule has 1 saturated heterocycles. The van der Waals surface area contributed by atoms with Crippen molar-refractivity contribution in [2.45, 2.75) is 32.4 Å². The zero-order valence-electron chi connectivity index (χ0n) is 15.0. The van der Waals surface area contributed by atoms with Crippen molar-refractivity contribution in [3.8, 4) is 0 Å². The van der Waals surface area contributed by atoms with Crippen molar-refractivity contribution >= 4 is 40.1 Å². The van der Waals surface area contributed by atoms with Gasteiger partial charge in [-0.25, -0.2) is 4.99 Å². The number of aryl methyl sites for hydroxylation is 3. The lowest BCUT2D eigenvalue weighted by molar-refractivity contribution is -0.122. The van der Waals surface area contributed by atoms with Gasteiger partial charge >= 0.3 is 0 Å². The maximum Gasteiger partial charge on any atom is 0.240 e. The van der Waals surface area contributed by atoms with E-state index in [2.05, 4.69) is 15.6 Å². The lowest BCUT2D eigenvalue weighted by atomic mass is 10.1. The first kappa shape index (κ1) is 18.2. The van der Waals surface area contributed by atoms with Crippen LogP contribution in [0.1, 0.15) is 23.1 Å². The zero-order chi connectivity index (χ0) is 18.7. The van der Waals surface area contributed by atoms with Crippen LogP contribution in [-0.2, 0) is 9.59 Å². The van der Waals surface area contributed by atoms with Gasteiger partial charge in [-0.1, -0.05) is 36.0 Å². The average Bonchev–Trinajstić information content (AvgIpc) is 2.92. The molecule has 3 rings (SSSR count). The van der Waals surface area contributed by atoms with Crippen LogP contribution >= 0.6 is 11.8 Å². The number of benzene rings is 2. The van der Waals surface area contributed by atoms with Gasteiger partial charge in [-0.2, -0.15) is 0 Å². The smallest absolute Gasteiger partial charge is 0.240 e. The van der Waals surface area contributed by atoms with E-state index in [0.29, 0.717) is 5.17 Å². The van der Waals surface area contributed by atoms with E-state index in [1.165, 1.54) is 17.3 Å². The second-order valence-corrected chi connectivity index (χ2v) is 7.54. The molecule has 26 heavy (non-hydrogen) atoms. The second kappa shape index (κ2) is 7.74. The number of carbonyl (C=O) groups is 2. The highest BCUT2D eigenvalue weighted by atomic mass is 32.2. The maximum absolute atomic E-state index is 12.3. The minimum absolute atomic E-state index is 0.108. The lowest BCUT2D eigenvalue weighted by Crippen LogP contribution is -2.28. The van der Waals surface area contributed by atoms with Crippen molar-refractivity contribution in [2.75, 3.05) is 5.32 Å². The zero-order valence-corrected chi connectivity index (χ0v) is 15.8. The van der Waals surface area contributed by atoms with Gasteiger partial charge < -0.3 is 10.6 Å². The summed E-state index contributed by atoms with van der Waals surface area (Å²) in [6, 6.07) is 13.5. The SMILES string of the molecule is Cc1ccc(N=C2NC(=O)[C@H](CC(=O)Nc3ccccc3C)S2)cc1C. The molecule has 6 heteroatoms.